The summed E-state index contributed by atoms with van der Waals surface area (Å²) in [7, 11) is 0. The van der Waals surface area contributed by atoms with E-state index in [1.165, 1.54) is 6.42 Å². The molecule has 5 aliphatic rings. The van der Waals surface area contributed by atoms with Crippen LogP contribution in [0.25, 0.3) is 0 Å². The largest absolute Gasteiger partial charge is 0.417 e. The first-order valence-corrected chi connectivity index (χ1v) is 7.26. The van der Waals surface area contributed by atoms with Gasteiger partial charge in [0.1, 0.15) is 5.57 Å². The number of thiol groups is 1. The quantitative estimate of drug-likeness (QED) is 0.318. The molecule has 1 saturated heterocycles. The number of ether oxygens (including phenoxy) is 2. The van der Waals surface area contributed by atoms with Crippen LogP contribution in [0.5, 0.6) is 0 Å². The van der Waals surface area contributed by atoms with Crippen LogP contribution in [-0.2, 0) is 19.1 Å². The van der Waals surface area contributed by atoms with E-state index in [9.17, 15) is 9.59 Å². The molecule has 1 aliphatic heterocycles. The van der Waals surface area contributed by atoms with Gasteiger partial charge in [0.25, 0.3) is 5.79 Å². The second kappa shape index (κ2) is 3.37. The summed E-state index contributed by atoms with van der Waals surface area (Å²) in [5.41, 5.74) is -0.212. The Kier molecular flexibility index (Phi) is 2.10. The number of carbonyl (C=O) groups excluding carboxylic acids is 2. The Bertz CT molecular complexity index is 478. The lowest BCUT2D eigenvalue weighted by Crippen LogP contribution is -2.71. The van der Waals surface area contributed by atoms with Crippen molar-refractivity contribution in [1.82, 2.24) is 0 Å². The molecule has 0 N–H and O–H groups in total. The molecular formula is C14H16O4S. The molecule has 5 rings (SSSR count). The molecule has 4 nitrogen and oxygen atoms in total. The molecule has 0 unspecified atom stereocenters. The minimum atomic E-state index is -1.15. The highest BCUT2D eigenvalue weighted by molar-refractivity contribution is 7.82. The van der Waals surface area contributed by atoms with Crippen LogP contribution < -0.4 is 0 Å². The van der Waals surface area contributed by atoms with Gasteiger partial charge in [-0.3, -0.25) is 0 Å². The first kappa shape index (κ1) is 11.8. The monoisotopic (exact) mass is 280 g/mol. The normalized spacial score (nSPS) is 46.4. The molecular weight excluding hydrogens is 264 g/mol. The summed E-state index contributed by atoms with van der Waals surface area (Å²) in [5, 5.41) is 0. The summed E-state index contributed by atoms with van der Waals surface area (Å²) in [6.07, 6.45) is 4.88. The Hall–Kier alpha value is -0.970. The van der Waals surface area contributed by atoms with Gasteiger partial charge in [-0.05, 0) is 43.9 Å². The molecule has 4 aliphatic carbocycles. The molecule has 0 radical (unpaired) electrons. The zero-order valence-corrected chi connectivity index (χ0v) is 11.4. The van der Waals surface area contributed by atoms with Crippen molar-refractivity contribution in [2.45, 2.75) is 42.6 Å². The Morgan fingerprint density at radius 2 is 1.58 bits per heavy atom. The topological polar surface area (TPSA) is 52.6 Å². The van der Waals surface area contributed by atoms with E-state index < -0.39 is 22.5 Å². The smallest absolute Gasteiger partial charge is 0.348 e. The molecule has 0 aromatic heterocycles. The van der Waals surface area contributed by atoms with Crippen molar-refractivity contribution < 1.29 is 19.1 Å². The maximum Gasteiger partial charge on any atom is 0.348 e. The second-order valence-corrected chi connectivity index (χ2v) is 7.36. The van der Waals surface area contributed by atoms with E-state index in [0.717, 1.165) is 25.7 Å². The fourth-order valence-corrected chi connectivity index (χ4v) is 5.56. The zero-order valence-electron chi connectivity index (χ0n) is 10.6. The standard InChI is InChI=1S/C14H16O4S/c1-7-11(15)17-14(18-12(7)16)10-3-8-2-9(4-10)6-13(14,19)5-8/h8-10,19H,1-6H2/t8-,9+,10-,13-. The Labute approximate surface area is 116 Å². The van der Waals surface area contributed by atoms with E-state index in [1.54, 1.807) is 0 Å². The Morgan fingerprint density at radius 1 is 1.05 bits per heavy atom. The summed E-state index contributed by atoms with van der Waals surface area (Å²) in [4.78, 5) is 23.8. The maximum absolute atomic E-state index is 11.9. The van der Waals surface area contributed by atoms with Crippen LogP contribution in [0.1, 0.15) is 32.1 Å². The van der Waals surface area contributed by atoms with Gasteiger partial charge in [-0.2, -0.15) is 12.6 Å². The lowest BCUT2D eigenvalue weighted by molar-refractivity contribution is -0.302. The third-order valence-electron chi connectivity index (χ3n) is 5.32. The molecule has 4 bridgehead atoms. The number of rotatable bonds is 0. The average Bonchev–Trinajstić information content (AvgIpc) is 2.32. The van der Waals surface area contributed by atoms with E-state index >= 15 is 0 Å². The minimum absolute atomic E-state index is 0.0947. The van der Waals surface area contributed by atoms with Gasteiger partial charge in [-0.1, -0.05) is 6.58 Å². The van der Waals surface area contributed by atoms with Crippen LogP contribution in [0, 0.1) is 17.8 Å². The van der Waals surface area contributed by atoms with Crippen molar-refractivity contribution in [2.75, 3.05) is 0 Å². The van der Waals surface area contributed by atoms with Crippen molar-refractivity contribution >= 4 is 24.6 Å². The van der Waals surface area contributed by atoms with Crippen LogP contribution in [-0.4, -0.2) is 22.5 Å². The lowest BCUT2D eigenvalue weighted by Gasteiger charge is -2.63. The van der Waals surface area contributed by atoms with E-state index in [-0.39, 0.29) is 11.5 Å². The molecule has 0 aromatic rings. The number of hydrogen-bond donors (Lipinski definition) is 1. The van der Waals surface area contributed by atoms with Gasteiger partial charge in [0.2, 0.25) is 0 Å². The molecule has 102 valence electrons. The predicted octanol–water partition coefficient (Wildman–Crippen LogP) is 1.85. The second-order valence-electron chi connectivity index (χ2n) is 6.50. The summed E-state index contributed by atoms with van der Waals surface area (Å²) in [6.45, 7) is 3.42. The molecule has 4 atom stereocenters. The SMILES string of the molecule is C=C1C(=O)OC2(OC1=O)[C@@H]1C[C@H]3C[C@@H](C1)C[C@]2(S)C3. The third-order valence-corrected chi connectivity index (χ3v) is 6.00. The third kappa shape index (κ3) is 1.32. The lowest BCUT2D eigenvalue weighted by atomic mass is 9.52. The van der Waals surface area contributed by atoms with Crippen molar-refractivity contribution in [3.63, 3.8) is 0 Å². The highest BCUT2D eigenvalue weighted by atomic mass is 32.1. The summed E-state index contributed by atoms with van der Waals surface area (Å²) < 4.78 is 10.6. The van der Waals surface area contributed by atoms with Crippen LogP contribution in [0.3, 0.4) is 0 Å². The molecule has 1 heterocycles. The van der Waals surface area contributed by atoms with Crippen molar-refractivity contribution in [2.24, 2.45) is 17.8 Å². The zero-order chi connectivity index (χ0) is 13.4. The van der Waals surface area contributed by atoms with Crippen molar-refractivity contribution in [3.05, 3.63) is 12.2 Å². The molecule has 5 fully saturated rings. The first-order valence-electron chi connectivity index (χ1n) is 6.81. The van der Waals surface area contributed by atoms with Gasteiger partial charge in [-0.25, -0.2) is 9.59 Å². The van der Waals surface area contributed by atoms with Crippen LogP contribution in [0.15, 0.2) is 12.2 Å². The van der Waals surface area contributed by atoms with Gasteiger partial charge in [0.05, 0.1) is 4.75 Å². The first-order chi connectivity index (χ1) is 8.93. The van der Waals surface area contributed by atoms with Gasteiger partial charge in [0.15, 0.2) is 0 Å². The number of carbonyl (C=O) groups is 2. The molecule has 4 saturated carbocycles. The Balaban J connectivity index is 1.79. The average molecular weight is 280 g/mol. The number of esters is 2. The maximum atomic E-state index is 11.9. The van der Waals surface area contributed by atoms with Gasteiger partial charge >= 0.3 is 11.9 Å². The van der Waals surface area contributed by atoms with E-state index in [1.807, 2.05) is 0 Å². The van der Waals surface area contributed by atoms with Gasteiger partial charge in [-0.15, -0.1) is 0 Å². The highest BCUT2D eigenvalue weighted by Gasteiger charge is 2.70. The molecule has 1 spiro atoms. The van der Waals surface area contributed by atoms with Crippen LogP contribution >= 0.6 is 12.6 Å². The van der Waals surface area contributed by atoms with Crippen LogP contribution in [0.2, 0.25) is 0 Å². The Morgan fingerprint density at radius 3 is 2.05 bits per heavy atom. The molecule has 19 heavy (non-hydrogen) atoms. The van der Waals surface area contributed by atoms with E-state index in [4.69, 9.17) is 22.1 Å². The number of hydrogen-bond acceptors (Lipinski definition) is 5. The molecule has 5 heteroatoms. The van der Waals surface area contributed by atoms with E-state index in [0.29, 0.717) is 11.8 Å². The molecule has 0 aromatic carbocycles. The van der Waals surface area contributed by atoms with Gasteiger partial charge < -0.3 is 9.47 Å². The summed E-state index contributed by atoms with van der Waals surface area (Å²) in [5.74, 6) is -1.09. The van der Waals surface area contributed by atoms with Crippen LogP contribution in [0.4, 0.5) is 0 Å². The molecule has 0 amide bonds. The minimum Gasteiger partial charge on any atom is -0.417 e. The fraction of sp³-hybridized carbons (Fsp3) is 0.714. The van der Waals surface area contributed by atoms with Crippen molar-refractivity contribution in [1.29, 1.82) is 0 Å². The van der Waals surface area contributed by atoms with E-state index in [2.05, 4.69) is 6.58 Å². The fourth-order valence-electron chi connectivity index (χ4n) is 4.77. The highest BCUT2D eigenvalue weighted by Crippen LogP contribution is 2.65. The summed E-state index contributed by atoms with van der Waals surface area (Å²) in [6, 6.07) is 0. The predicted molar refractivity (Wildman–Crippen MR) is 69.3 cm³/mol. The summed E-state index contributed by atoms with van der Waals surface area (Å²) >= 11 is 4.81. The van der Waals surface area contributed by atoms with Crippen molar-refractivity contribution in [3.8, 4) is 0 Å². The van der Waals surface area contributed by atoms with Gasteiger partial charge in [0, 0.05) is 5.92 Å².